The molecule has 84 valence electrons. The lowest BCUT2D eigenvalue weighted by molar-refractivity contribution is 0.00421. The number of hydrogen-bond donors (Lipinski definition) is 1. The molecule has 1 saturated carbocycles. The molecule has 0 bridgehead atoms. The fourth-order valence-corrected chi connectivity index (χ4v) is 2.91. The molecule has 2 rings (SSSR count). The summed E-state index contributed by atoms with van der Waals surface area (Å²) in [5.74, 6) is 0. The van der Waals surface area contributed by atoms with Crippen LogP contribution in [0.5, 0.6) is 0 Å². The highest BCUT2D eigenvalue weighted by Gasteiger charge is 2.16. The predicted molar refractivity (Wildman–Crippen MR) is 67.3 cm³/mol. The lowest BCUT2D eigenvalue weighted by atomic mass is 9.96. The Morgan fingerprint density at radius 2 is 2.40 bits per heavy atom. The minimum absolute atomic E-state index is 0.558. The van der Waals surface area contributed by atoms with Crippen LogP contribution in [0.1, 0.15) is 24.1 Å². The molecule has 1 fully saturated rings. The van der Waals surface area contributed by atoms with Gasteiger partial charge in [-0.25, -0.2) is 0 Å². The molecule has 0 amide bonds. The highest BCUT2D eigenvalue weighted by atomic mass is 79.9. The molecular weight excluding hydrogens is 274 g/mol. The van der Waals surface area contributed by atoms with E-state index in [0.717, 1.165) is 19.7 Å². The molecule has 2 nitrogen and oxygen atoms in total. The summed E-state index contributed by atoms with van der Waals surface area (Å²) < 4.78 is 6.83. The summed E-state index contributed by atoms with van der Waals surface area (Å²) in [6.45, 7) is 2.74. The molecular formula is C11H16BrNOS. The highest BCUT2D eigenvalue weighted by molar-refractivity contribution is 9.10. The van der Waals surface area contributed by atoms with Crippen molar-refractivity contribution in [3.8, 4) is 0 Å². The van der Waals surface area contributed by atoms with Gasteiger partial charge in [0.2, 0.25) is 0 Å². The Morgan fingerprint density at radius 1 is 1.53 bits per heavy atom. The highest BCUT2D eigenvalue weighted by Crippen LogP contribution is 2.21. The van der Waals surface area contributed by atoms with Gasteiger partial charge in [-0.1, -0.05) is 0 Å². The van der Waals surface area contributed by atoms with E-state index in [4.69, 9.17) is 4.74 Å². The predicted octanol–water partition coefficient (Wildman–Crippen LogP) is 3.17. The Hall–Kier alpha value is 0.1000. The lowest BCUT2D eigenvalue weighted by Crippen LogP contribution is -2.26. The third kappa shape index (κ3) is 3.87. The van der Waals surface area contributed by atoms with Gasteiger partial charge in [-0.3, -0.25) is 0 Å². The van der Waals surface area contributed by atoms with Gasteiger partial charge in [0.15, 0.2) is 0 Å². The summed E-state index contributed by atoms with van der Waals surface area (Å²) in [5, 5.41) is 5.50. The van der Waals surface area contributed by atoms with E-state index >= 15 is 0 Å². The smallest absolute Gasteiger partial charge is 0.0594 e. The van der Waals surface area contributed by atoms with Gasteiger partial charge >= 0.3 is 0 Å². The summed E-state index contributed by atoms with van der Waals surface area (Å²) in [4.78, 5) is 1.37. The first-order valence-electron chi connectivity index (χ1n) is 5.40. The van der Waals surface area contributed by atoms with Crippen molar-refractivity contribution in [2.24, 2.45) is 0 Å². The maximum atomic E-state index is 5.65. The number of ether oxygens (including phenoxy) is 1. The van der Waals surface area contributed by atoms with Gasteiger partial charge < -0.3 is 10.1 Å². The fraction of sp³-hybridized carbons (Fsp3) is 0.636. The molecule has 0 radical (unpaired) electrons. The molecule has 1 aromatic heterocycles. The summed E-state index contributed by atoms with van der Waals surface area (Å²) in [5.41, 5.74) is 0. The van der Waals surface area contributed by atoms with Crippen molar-refractivity contribution < 1.29 is 4.74 Å². The van der Waals surface area contributed by atoms with E-state index in [1.54, 1.807) is 11.3 Å². The first-order chi connectivity index (χ1) is 7.34. The number of nitrogens with one attached hydrogen (secondary N) is 1. The first-order valence-corrected chi connectivity index (χ1v) is 7.07. The van der Waals surface area contributed by atoms with Crippen LogP contribution in [0.15, 0.2) is 15.9 Å². The summed E-state index contributed by atoms with van der Waals surface area (Å²) in [7, 11) is 0. The average molecular weight is 290 g/mol. The van der Waals surface area contributed by atoms with Crippen molar-refractivity contribution in [3.63, 3.8) is 0 Å². The SMILES string of the molecule is Brc1csc(CNCCOC2CCC2)c1. The zero-order valence-corrected chi connectivity index (χ0v) is 11.1. The molecule has 1 aromatic rings. The molecule has 1 N–H and O–H groups in total. The van der Waals surface area contributed by atoms with Crippen LogP contribution >= 0.6 is 27.3 Å². The number of thiophene rings is 1. The second-order valence-corrected chi connectivity index (χ2v) is 5.74. The van der Waals surface area contributed by atoms with Crippen LogP contribution in [0, 0.1) is 0 Å². The van der Waals surface area contributed by atoms with Gasteiger partial charge in [0, 0.05) is 27.8 Å². The van der Waals surface area contributed by atoms with Gasteiger partial charge in [-0.05, 0) is 41.3 Å². The van der Waals surface area contributed by atoms with Crippen LogP contribution in [0.2, 0.25) is 0 Å². The Kier molecular flexibility index (Phi) is 4.62. The largest absolute Gasteiger partial charge is 0.377 e. The quantitative estimate of drug-likeness (QED) is 0.813. The van der Waals surface area contributed by atoms with E-state index in [0.29, 0.717) is 6.10 Å². The van der Waals surface area contributed by atoms with Crippen molar-refractivity contribution in [3.05, 3.63) is 20.8 Å². The van der Waals surface area contributed by atoms with Gasteiger partial charge in [-0.2, -0.15) is 0 Å². The van der Waals surface area contributed by atoms with Crippen LogP contribution in [-0.4, -0.2) is 19.3 Å². The zero-order valence-electron chi connectivity index (χ0n) is 8.67. The molecule has 0 spiro atoms. The van der Waals surface area contributed by atoms with Crippen molar-refractivity contribution in [2.45, 2.75) is 31.9 Å². The Bertz CT molecular complexity index is 299. The topological polar surface area (TPSA) is 21.3 Å². The molecule has 0 saturated heterocycles. The molecule has 0 unspecified atom stereocenters. The molecule has 15 heavy (non-hydrogen) atoms. The molecule has 1 heterocycles. The van der Waals surface area contributed by atoms with Crippen LogP contribution in [0.25, 0.3) is 0 Å². The Morgan fingerprint density at radius 3 is 3.00 bits per heavy atom. The van der Waals surface area contributed by atoms with E-state index in [-0.39, 0.29) is 0 Å². The van der Waals surface area contributed by atoms with E-state index in [9.17, 15) is 0 Å². The van der Waals surface area contributed by atoms with Crippen molar-refractivity contribution in [1.29, 1.82) is 0 Å². The van der Waals surface area contributed by atoms with Crippen LogP contribution in [-0.2, 0) is 11.3 Å². The minimum atomic E-state index is 0.558. The van der Waals surface area contributed by atoms with E-state index in [1.165, 1.54) is 28.6 Å². The van der Waals surface area contributed by atoms with Crippen LogP contribution in [0.4, 0.5) is 0 Å². The zero-order chi connectivity index (χ0) is 10.5. The Labute approximate surface area is 103 Å². The molecule has 0 aromatic carbocycles. The van der Waals surface area contributed by atoms with Gasteiger partial charge in [0.05, 0.1) is 12.7 Å². The molecule has 0 atom stereocenters. The molecule has 1 aliphatic rings. The third-order valence-electron chi connectivity index (χ3n) is 2.61. The number of halogens is 1. The van der Waals surface area contributed by atoms with Gasteiger partial charge in [-0.15, -0.1) is 11.3 Å². The standard InChI is InChI=1S/C11H16BrNOS/c12-9-6-11(15-8-9)7-13-4-5-14-10-2-1-3-10/h6,8,10,13H,1-5,7H2. The van der Waals surface area contributed by atoms with E-state index in [2.05, 4.69) is 32.7 Å². The summed E-state index contributed by atoms with van der Waals surface area (Å²) in [6.07, 6.45) is 4.43. The average Bonchev–Trinajstić information content (AvgIpc) is 2.54. The second-order valence-electron chi connectivity index (χ2n) is 3.83. The van der Waals surface area contributed by atoms with Gasteiger partial charge in [0.25, 0.3) is 0 Å². The molecule has 0 aliphatic heterocycles. The second kappa shape index (κ2) is 5.99. The number of hydrogen-bond acceptors (Lipinski definition) is 3. The summed E-state index contributed by atoms with van der Waals surface area (Å²) in [6, 6.07) is 2.16. The normalized spacial score (nSPS) is 16.6. The lowest BCUT2D eigenvalue weighted by Gasteiger charge is -2.25. The van der Waals surface area contributed by atoms with Crippen molar-refractivity contribution in [1.82, 2.24) is 5.32 Å². The molecule has 4 heteroatoms. The maximum Gasteiger partial charge on any atom is 0.0594 e. The maximum absolute atomic E-state index is 5.65. The monoisotopic (exact) mass is 289 g/mol. The fourth-order valence-electron chi connectivity index (χ4n) is 1.49. The van der Waals surface area contributed by atoms with E-state index < -0.39 is 0 Å². The summed E-state index contributed by atoms with van der Waals surface area (Å²) >= 11 is 5.23. The minimum Gasteiger partial charge on any atom is -0.377 e. The third-order valence-corrected chi connectivity index (χ3v) is 4.30. The first kappa shape index (κ1) is 11.6. The van der Waals surface area contributed by atoms with Crippen molar-refractivity contribution in [2.75, 3.05) is 13.2 Å². The Balaban J connectivity index is 1.51. The van der Waals surface area contributed by atoms with E-state index in [1.807, 2.05) is 0 Å². The van der Waals surface area contributed by atoms with Gasteiger partial charge in [0.1, 0.15) is 0 Å². The molecule has 1 aliphatic carbocycles. The van der Waals surface area contributed by atoms with Crippen molar-refractivity contribution >= 4 is 27.3 Å². The number of rotatable bonds is 6. The van der Waals surface area contributed by atoms with Crippen LogP contribution < -0.4 is 5.32 Å². The van der Waals surface area contributed by atoms with Crippen LogP contribution in [0.3, 0.4) is 0 Å².